The summed E-state index contributed by atoms with van der Waals surface area (Å²) in [5.41, 5.74) is 3.64. The maximum Gasteiger partial charge on any atom is 0.326 e. The van der Waals surface area contributed by atoms with E-state index in [1.165, 1.54) is 12.3 Å². The molecule has 2 aromatic heterocycles. The Morgan fingerprint density at radius 1 is 0.918 bits per heavy atom. The number of nitrogens with one attached hydrogen (secondary N) is 3. The molecule has 3 N–H and O–H groups in total. The monoisotopic (exact) mass is 675 g/mol. The molecule has 2 heterocycles. The van der Waals surface area contributed by atoms with Crippen molar-refractivity contribution in [3.05, 3.63) is 126 Å². The summed E-state index contributed by atoms with van der Waals surface area (Å²) in [5.74, 6) is -0.380. The Hall–Kier alpha value is -6.08. The molecule has 248 valence electrons. The number of hydrogen-bond acceptors (Lipinski definition) is 9. The normalized spacial score (nSPS) is 11.3. The number of aromatic nitrogens is 3. The fraction of sp³-hybridized carbons (Fsp3) is 0.139. The number of anilines is 2. The number of imidazole rings is 1. The second kappa shape index (κ2) is 14.0. The molecule has 49 heavy (non-hydrogen) atoms. The first-order chi connectivity index (χ1) is 23.7. The van der Waals surface area contributed by atoms with Gasteiger partial charge in [0.2, 0.25) is 0 Å². The van der Waals surface area contributed by atoms with Gasteiger partial charge >= 0.3 is 5.97 Å². The molecule has 0 fully saturated rings. The number of amides is 1. The Bertz CT molecular complexity index is 2280. The number of para-hydroxylation sites is 1. The number of fused-ring (bicyclic) bond motifs is 2. The van der Waals surface area contributed by atoms with E-state index in [1.807, 2.05) is 17.7 Å². The molecule has 6 aromatic rings. The maximum absolute atomic E-state index is 14.1. The lowest BCUT2D eigenvalue weighted by molar-refractivity contribution is -0.141. The first-order valence-corrected chi connectivity index (χ1v) is 16.9. The molecule has 13 heteroatoms. The molecule has 0 saturated heterocycles. The predicted molar refractivity (Wildman–Crippen MR) is 188 cm³/mol. The van der Waals surface area contributed by atoms with Gasteiger partial charge < -0.3 is 19.9 Å². The van der Waals surface area contributed by atoms with Crippen LogP contribution in [-0.4, -0.2) is 53.8 Å². The highest BCUT2D eigenvalue weighted by Crippen LogP contribution is 2.30. The zero-order valence-electron chi connectivity index (χ0n) is 26.8. The Kier molecular flexibility index (Phi) is 9.35. The van der Waals surface area contributed by atoms with Gasteiger partial charge in [0.05, 0.1) is 35.4 Å². The van der Waals surface area contributed by atoms with Crippen molar-refractivity contribution in [2.45, 2.75) is 18.4 Å². The summed E-state index contributed by atoms with van der Waals surface area (Å²) >= 11 is 0. The van der Waals surface area contributed by atoms with Crippen molar-refractivity contribution in [2.24, 2.45) is 7.05 Å². The fourth-order valence-corrected chi connectivity index (χ4v) is 6.95. The largest absolute Gasteiger partial charge is 0.465 e. The minimum Gasteiger partial charge on any atom is -0.465 e. The van der Waals surface area contributed by atoms with Gasteiger partial charge in [-0.05, 0) is 73.7 Å². The molecule has 6 rings (SSSR count). The molecule has 0 radical (unpaired) electrons. The van der Waals surface area contributed by atoms with Crippen LogP contribution in [-0.2, 0) is 33.1 Å². The SMILES string of the molecule is CCOC(=O)CN(c1ccc2c(c1)nc(CNc1ccc(C(=N)NC(=O)c3ccccc3)cc1)n2C)S(=O)(=O)c1cccc2cccnc12. The Labute approximate surface area is 282 Å². The molecule has 0 bridgehead atoms. The van der Waals surface area contributed by atoms with Crippen LogP contribution >= 0.6 is 0 Å². The Balaban J connectivity index is 1.22. The van der Waals surface area contributed by atoms with Gasteiger partial charge in [-0.1, -0.05) is 36.4 Å². The van der Waals surface area contributed by atoms with Crippen LogP contribution in [0.4, 0.5) is 11.4 Å². The summed E-state index contributed by atoms with van der Waals surface area (Å²) in [6, 6.07) is 29.2. The van der Waals surface area contributed by atoms with Crippen molar-refractivity contribution >= 4 is 61.0 Å². The Morgan fingerprint density at radius 3 is 2.43 bits per heavy atom. The van der Waals surface area contributed by atoms with Gasteiger partial charge in [0, 0.05) is 35.4 Å². The highest BCUT2D eigenvalue weighted by atomic mass is 32.2. The van der Waals surface area contributed by atoms with Crippen molar-refractivity contribution in [1.29, 1.82) is 5.41 Å². The number of sulfonamides is 1. The van der Waals surface area contributed by atoms with Crippen LogP contribution < -0.4 is 14.9 Å². The van der Waals surface area contributed by atoms with Gasteiger partial charge in [-0.15, -0.1) is 0 Å². The van der Waals surface area contributed by atoms with Crippen LogP contribution in [0.3, 0.4) is 0 Å². The topological polar surface area (TPSA) is 159 Å². The summed E-state index contributed by atoms with van der Waals surface area (Å²) < 4.78 is 36.4. The summed E-state index contributed by atoms with van der Waals surface area (Å²) in [6.07, 6.45) is 1.53. The predicted octanol–water partition coefficient (Wildman–Crippen LogP) is 5.25. The smallest absolute Gasteiger partial charge is 0.326 e. The summed E-state index contributed by atoms with van der Waals surface area (Å²) in [7, 11) is -2.40. The highest BCUT2D eigenvalue weighted by molar-refractivity contribution is 7.93. The van der Waals surface area contributed by atoms with Crippen LogP contribution in [0, 0.1) is 5.41 Å². The number of hydrogen-bond donors (Lipinski definition) is 3. The van der Waals surface area contributed by atoms with Crippen molar-refractivity contribution in [1.82, 2.24) is 19.9 Å². The second-order valence-corrected chi connectivity index (χ2v) is 12.9. The van der Waals surface area contributed by atoms with E-state index in [0.717, 1.165) is 15.5 Å². The molecule has 0 aliphatic carbocycles. The number of rotatable bonds is 11. The third-order valence-electron chi connectivity index (χ3n) is 7.89. The van der Waals surface area contributed by atoms with E-state index in [1.54, 1.807) is 97.9 Å². The van der Waals surface area contributed by atoms with Gasteiger partial charge in [-0.2, -0.15) is 0 Å². The molecule has 1 amide bonds. The summed E-state index contributed by atoms with van der Waals surface area (Å²) in [5, 5.41) is 14.9. The number of carbonyl (C=O) groups excluding carboxylic acids is 2. The number of aryl methyl sites for hydroxylation is 1. The van der Waals surface area contributed by atoms with E-state index in [2.05, 4.69) is 15.6 Å². The zero-order valence-corrected chi connectivity index (χ0v) is 27.6. The van der Waals surface area contributed by atoms with Gasteiger partial charge in [0.15, 0.2) is 0 Å². The van der Waals surface area contributed by atoms with E-state index >= 15 is 0 Å². The number of esters is 1. The quantitative estimate of drug-likeness (QED) is 0.0955. The van der Waals surface area contributed by atoms with Gasteiger partial charge in [0.1, 0.15) is 23.1 Å². The zero-order chi connectivity index (χ0) is 34.5. The third kappa shape index (κ3) is 6.97. The Morgan fingerprint density at radius 2 is 1.67 bits per heavy atom. The minimum atomic E-state index is -4.26. The van der Waals surface area contributed by atoms with Gasteiger partial charge in [-0.3, -0.25) is 24.3 Å². The summed E-state index contributed by atoms with van der Waals surface area (Å²) in [4.78, 5) is 34.1. The van der Waals surface area contributed by atoms with Crippen molar-refractivity contribution in [2.75, 3.05) is 22.8 Å². The van der Waals surface area contributed by atoms with Crippen LogP contribution in [0.5, 0.6) is 0 Å². The van der Waals surface area contributed by atoms with Crippen molar-refractivity contribution in [3.63, 3.8) is 0 Å². The van der Waals surface area contributed by atoms with Crippen LogP contribution in [0.25, 0.3) is 21.9 Å². The number of nitrogens with zero attached hydrogens (tertiary/aromatic N) is 4. The van der Waals surface area contributed by atoms with Crippen molar-refractivity contribution in [3.8, 4) is 0 Å². The highest BCUT2D eigenvalue weighted by Gasteiger charge is 2.30. The average Bonchev–Trinajstić information content (AvgIpc) is 3.44. The first kappa shape index (κ1) is 32.8. The molecule has 0 aliphatic rings. The molecule has 12 nitrogen and oxygen atoms in total. The first-order valence-electron chi connectivity index (χ1n) is 15.4. The van der Waals surface area contributed by atoms with Crippen LogP contribution in [0.2, 0.25) is 0 Å². The molecular formula is C36H33N7O5S. The second-order valence-electron chi connectivity index (χ2n) is 11.0. The van der Waals surface area contributed by atoms with Gasteiger partial charge in [-0.25, -0.2) is 13.4 Å². The van der Waals surface area contributed by atoms with E-state index in [9.17, 15) is 18.0 Å². The number of ether oxygens (including phenoxy) is 1. The third-order valence-corrected chi connectivity index (χ3v) is 9.69. The molecule has 0 unspecified atom stereocenters. The van der Waals surface area contributed by atoms with Crippen LogP contribution in [0.15, 0.2) is 114 Å². The molecular weight excluding hydrogens is 643 g/mol. The number of amidine groups is 1. The minimum absolute atomic E-state index is 0.0118. The van der Waals surface area contributed by atoms with E-state index < -0.39 is 22.5 Å². The standard InChI is InChI=1S/C36H33N7O5S/c1-3-48-33(44)23-43(49(46,47)31-13-7-11-24-12-8-20-38-34(24)31)28-18-19-30-29(21-28)40-32(42(30)2)22-39-27-16-14-25(15-17-27)35(37)41-36(45)26-9-5-4-6-10-26/h4-21,39H,3,22-23H2,1-2H3,(H2,37,41,45). The number of pyridine rings is 1. The fourth-order valence-electron chi connectivity index (χ4n) is 5.38. The molecule has 0 spiro atoms. The molecule has 0 saturated carbocycles. The number of carbonyl (C=O) groups is 2. The van der Waals surface area contributed by atoms with E-state index in [4.69, 9.17) is 15.1 Å². The molecule has 0 atom stereocenters. The molecule has 0 aliphatic heterocycles. The lowest BCUT2D eigenvalue weighted by atomic mass is 10.1. The summed E-state index contributed by atoms with van der Waals surface area (Å²) in [6.45, 7) is 1.57. The lowest BCUT2D eigenvalue weighted by Crippen LogP contribution is -2.36. The molecule has 4 aromatic carbocycles. The maximum atomic E-state index is 14.1. The average molecular weight is 676 g/mol. The van der Waals surface area contributed by atoms with E-state index in [0.29, 0.717) is 39.9 Å². The van der Waals surface area contributed by atoms with Crippen molar-refractivity contribution < 1.29 is 22.7 Å². The number of benzene rings is 4. The van der Waals surface area contributed by atoms with Gasteiger partial charge in [0.25, 0.3) is 15.9 Å². The lowest BCUT2D eigenvalue weighted by Gasteiger charge is -2.24. The van der Waals surface area contributed by atoms with E-state index in [-0.39, 0.29) is 28.9 Å². The van der Waals surface area contributed by atoms with Crippen LogP contribution in [0.1, 0.15) is 28.7 Å².